The second-order valence-electron chi connectivity index (χ2n) is 1.50. The van der Waals surface area contributed by atoms with Gasteiger partial charge in [-0.25, -0.2) is 9.79 Å². The van der Waals surface area contributed by atoms with Crippen molar-refractivity contribution in [2.75, 3.05) is 6.54 Å². The first kappa shape index (κ1) is 8.48. The van der Waals surface area contributed by atoms with Crippen molar-refractivity contribution in [2.45, 2.75) is 0 Å². The average Bonchev–Trinajstić information content (AvgIpc) is 1.82. The van der Waals surface area contributed by atoms with E-state index >= 15 is 0 Å². The molecule has 0 aromatic heterocycles. The van der Waals surface area contributed by atoms with Crippen LogP contribution in [0.15, 0.2) is 17.6 Å². The Morgan fingerprint density at radius 2 is 2.30 bits per heavy atom. The van der Waals surface area contributed by atoms with Crippen molar-refractivity contribution in [3.63, 3.8) is 0 Å². The van der Waals surface area contributed by atoms with Crippen LogP contribution < -0.4 is 16.8 Å². The number of aliphatic imine (C=N–C) groups is 1. The third-order valence-corrected chi connectivity index (χ3v) is 0.642. The van der Waals surface area contributed by atoms with Gasteiger partial charge in [0.25, 0.3) is 0 Å². The average molecular weight is 142 g/mol. The molecule has 0 bridgehead atoms. The lowest BCUT2D eigenvalue weighted by atomic mass is 10.6. The molecule has 0 rings (SSSR count). The van der Waals surface area contributed by atoms with E-state index in [1.807, 2.05) is 0 Å². The molecule has 0 aliphatic heterocycles. The Balaban J connectivity index is 3.70. The number of hydrogen-bond donors (Lipinski definition) is 3. The molecule has 0 aliphatic rings. The molecule has 5 nitrogen and oxygen atoms in total. The molecule has 56 valence electrons. The van der Waals surface area contributed by atoms with Crippen molar-refractivity contribution < 1.29 is 4.79 Å². The van der Waals surface area contributed by atoms with Crippen LogP contribution in [0.1, 0.15) is 0 Å². The number of nitrogens with one attached hydrogen (secondary N) is 1. The number of nitrogens with zero attached hydrogens (tertiary/aromatic N) is 1. The Morgan fingerprint density at radius 1 is 1.70 bits per heavy atom. The predicted octanol–water partition coefficient (Wildman–Crippen LogP) is -0.845. The van der Waals surface area contributed by atoms with E-state index in [4.69, 9.17) is 11.5 Å². The van der Waals surface area contributed by atoms with Gasteiger partial charge in [0, 0.05) is 0 Å². The smallest absolute Gasteiger partial charge is 0.318 e. The van der Waals surface area contributed by atoms with Gasteiger partial charge in [0.2, 0.25) is 0 Å². The first-order chi connectivity index (χ1) is 4.66. The van der Waals surface area contributed by atoms with Gasteiger partial charge in [-0.2, -0.15) is 0 Å². The van der Waals surface area contributed by atoms with E-state index in [0.29, 0.717) is 6.54 Å². The number of carbonyl (C=O) groups is 1. The molecule has 0 saturated carbocycles. The Morgan fingerprint density at radius 3 is 2.70 bits per heavy atom. The highest BCUT2D eigenvalue weighted by Gasteiger charge is 1.91. The first-order valence-corrected chi connectivity index (χ1v) is 2.64. The maximum atomic E-state index is 10.1. The highest BCUT2D eigenvalue weighted by atomic mass is 16.2. The lowest BCUT2D eigenvalue weighted by Crippen LogP contribution is -2.40. The summed E-state index contributed by atoms with van der Waals surface area (Å²) < 4.78 is 0. The summed E-state index contributed by atoms with van der Waals surface area (Å²) >= 11 is 0. The van der Waals surface area contributed by atoms with Crippen molar-refractivity contribution >= 4 is 12.0 Å². The molecule has 0 unspecified atom stereocenters. The maximum absolute atomic E-state index is 10.1. The van der Waals surface area contributed by atoms with E-state index < -0.39 is 6.03 Å². The minimum Gasteiger partial charge on any atom is -0.370 e. The molecule has 0 aromatic carbocycles. The number of hydrogen-bond acceptors (Lipinski definition) is 2. The van der Waals surface area contributed by atoms with Crippen molar-refractivity contribution in [2.24, 2.45) is 16.5 Å². The molecule has 0 heterocycles. The fourth-order valence-corrected chi connectivity index (χ4v) is 0.329. The monoisotopic (exact) mass is 142 g/mol. The van der Waals surface area contributed by atoms with Gasteiger partial charge in [-0.05, 0) is 0 Å². The number of primary amides is 1. The van der Waals surface area contributed by atoms with Crippen LogP contribution in [0, 0.1) is 0 Å². The predicted molar refractivity (Wildman–Crippen MR) is 39.4 cm³/mol. The van der Waals surface area contributed by atoms with Crippen LogP contribution in [-0.4, -0.2) is 18.5 Å². The van der Waals surface area contributed by atoms with Gasteiger partial charge in [-0.3, -0.25) is 5.32 Å². The van der Waals surface area contributed by atoms with Crippen molar-refractivity contribution in [1.29, 1.82) is 0 Å². The Bertz CT molecular complexity index is 163. The molecule has 10 heavy (non-hydrogen) atoms. The maximum Gasteiger partial charge on any atom is 0.318 e. The van der Waals surface area contributed by atoms with E-state index in [1.54, 1.807) is 6.08 Å². The summed E-state index contributed by atoms with van der Waals surface area (Å²) in [5.41, 5.74) is 9.88. The largest absolute Gasteiger partial charge is 0.370 e. The summed E-state index contributed by atoms with van der Waals surface area (Å²) in [6.07, 6.45) is 1.55. The Hall–Kier alpha value is -1.52. The fourth-order valence-electron chi connectivity index (χ4n) is 0.329. The van der Waals surface area contributed by atoms with Crippen molar-refractivity contribution in [1.82, 2.24) is 5.32 Å². The van der Waals surface area contributed by atoms with Crippen LogP contribution in [0.5, 0.6) is 0 Å². The second kappa shape index (κ2) is 4.37. The molecule has 0 aromatic rings. The number of guanidine groups is 1. The van der Waals surface area contributed by atoms with Crippen molar-refractivity contribution in [3.8, 4) is 0 Å². The number of urea groups is 1. The molecule has 5 heteroatoms. The fraction of sp³-hybridized carbons (Fsp3) is 0.200. The van der Waals surface area contributed by atoms with Gasteiger partial charge < -0.3 is 11.5 Å². The topological polar surface area (TPSA) is 93.5 Å². The molecule has 0 radical (unpaired) electrons. The lowest BCUT2D eigenvalue weighted by Gasteiger charge is -1.97. The minimum absolute atomic E-state index is 0.00685. The van der Waals surface area contributed by atoms with Gasteiger partial charge in [-0.15, -0.1) is 6.58 Å². The standard InChI is InChI=1S/C5H10N4O/c1-2-3-8-4(6)9-5(7)10/h2H,1,3H2,(H5,6,7,8,9,10). The van der Waals surface area contributed by atoms with Gasteiger partial charge in [0.1, 0.15) is 0 Å². The van der Waals surface area contributed by atoms with Crippen LogP contribution in [0.3, 0.4) is 0 Å². The molecule has 2 amide bonds. The normalized spacial score (nSPS) is 10.6. The zero-order valence-electron chi connectivity index (χ0n) is 5.50. The molecule has 0 spiro atoms. The highest BCUT2D eigenvalue weighted by molar-refractivity contribution is 5.94. The van der Waals surface area contributed by atoms with Crippen LogP contribution in [-0.2, 0) is 0 Å². The van der Waals surface area contributed by atoms with Crippen LogP contribution in [0.2, 0.25) is 0 Å². The Labute approximate surface area is 58.8 Å². The summed E-state index contributed by atoms with van der Waals surface area (Å²) in [6.45, 7) is 3.77. The molecular weight excluding hydrogens is 132 g/mol. The molecule has 0 saturated heterocycles. The summed E-state index contributed by atoms with van der Waals surface area (Å²) in [5.74, 6) is 0.00685. The van der Waals surface area contributed by atoms with Gasteiger partial charge >= 0.3 is 6.03 Å². The summed E-state index contributed by atoms with van der Waals surface area (Å²) in [6, 6.07) is -0.717. The zero-order chi connectivity index (χ0) is 7.98. The summed E-state index contributed by atoms with van der Waals surface area (Å²) in [4.78, 5) is 13.7. The van der Waals surface area contributed by atoms with E-state index in [2.05, 4.69) is 16.9 Å². The SMILES string of the molecule is C=CCN=C(N)NC(N)=O. The van der Waals surface area contributed by atoms with Crippen molar-refractivity contribution in [3.05, 3.63) is 12.7 Å². The quantitative estimate of drug-likeness (QED) is 0.266. The van der Waals surface area contributed by atoms with E-state index in [-0.39, 0.29) is 5.96 Å². The summed E-state index contributed by atoms with van der Waals surface area (Å²) in [5, 5.41) is 2.10. The third kappa shape index (κ3) is 4.63. The number of carbonyl (C=O) groups excluding carboxylic acids is 1. The third-order valence-electron chi connectivity index (χ3n) is 0.642. The van der Waals surface area contributed by atoms with Crippen LogP contribution in [0.4, 0.5) is 4.79 Å². The van der Waals surface area contributed by atoms with Crippen LogP contribution >= 0.6 is 0 Å². The molecule has 0 aliphatic carbocycles. The van der Waals surface area contributed by atoms with E-state index in [9.17, 15) is 4.79 Å². The number of nitrogens with two attached hydrogens (primary N) is 2. The number of amides is 2. The zero-order valence-corrected chi connectivity index (χ0v) is 5.50. The molecule has 0 fully saturated rings. The van der Waals surface area contributed by atoms with Gasteiger partial charge in [-0.1, -0.05) is 6.08 Å². The van der Waals surface area contributed by atoms with E-state index in [0.717, 1.165) is 0 Å². The summed E-state index contributed by atoms with van der Waals surface area (Å²) in [7, 11) is 0. The lowest BCUT2D eigenvalue weighted by molar-refractivity contribution is 0.253. The minimum atomic E-state index is -0.717. The van der Waals surface area contributed by atoms with Gasteiger partial charge in [0.15, 0.2) is 5.96 Å². The second-order valence-corrected chi connectivity index (χ2v) is 1.50. The molecule has 0 atom stereocenters. The first-order valence-electron chi connectivity index (χ1n) is 2.64. The number of rotatable bonds is 2. The van der Waals surface area contributed by atoms with Gasteiger partial charge in [0.05, 0.1) is 6.54 Å². The van der Waals surface area contributed by atoms with Crippen LogP contribution in [0.25, 0.3) is 0 Å². The van der Waals surface area contributed by atoms with E-state index in [1.165, 1.54) is 0 Å². The molecule has 5 N–H and O–H groups in total. The highest BCUT2D eigenvalue weighted by Crippen LogP contribution is 1.68. The Kier molecular flexibility index (Phi) is 3.70. The molecular formula is C5H10N4O.